The van der Waals surface area contributed by atoms with Crippen molar-refractivity contribution in [2.45, 2.75) is 33.2 Å². The number of carbonyl (C=O) groups excluding carboxylic acids is 1. The Labute approximate surface area is 126 Å². The van der Waals surface area contributed by atoms with Crippen LogP contribution in [-0.2, 0) is 9.53 Å². The van der Waals surface area contributed by atoms with Gasteiger partial charge >= 0.3 is 12.0 Å². The van der Waals surface area contributed by atoms with Crippen molar-refractivity contribution in [2.24, 2.45) is 5.41 Å². The molecule has 2 amide bonds. The van der Waals surface area contributed by atoms with Crippen LogP contribution in [0.4, 0.5) is 4.79 Å². The summed E-state index contributed by atoms with van der Waals surface area (Å²) in [5, 5.41) is 14.4. The summed E-state index contributed by atoms with van der Waals surface area (Å²) in [4.78, 5) is 25.2. The molecule has 0 aliphatic carbocycles. The number of nitrogens with one attached hydrogen (secondary N) is 2. The minimum Gasteiger partial charge on any atom is -0.480 e. The molecule has 0 spiro atoms. The maximum absolute atomic E-state index is 11.7. The highest BCUT2D eigenvalue weighted by atomic mass is 16.5. The molecule has 3 N–H and O–H groups in total. The molecule has 7 nitrogen and oxygen atoms in total. The third-order valence-electron chi connectivity index (χ3n) is 3.43. The fraction of sp³-hybridized carbons (Fsp3) is 0.857. The van der Waals surface area contributed by atoms with E-state index >= 15 is 0 Å². The summed E-state index contributed by atoms with van der Waals surface area (Å²) < 4.78 is 5.27. The van der Waals surface area contributed by atoms with Gasteiger partial charge in [0.1, 0.15) is 6.04 Å². The van der Waals surface area contributed by atoms with Crippen molar-refractivity contribution >= 4 is 12.0 Å². The van der Waals surface area contributed by atoms with E-state index in [2.05, 4.69) is 15.5 Å². The predicted octanol–water partition coefficient (Wildman–Crippen LogP) is 0.507. The van der Waals surface area contributed by atoms with Gasteiger partial charge in [-0.15, -0.1) is 0 Å². The van der Waals surface area contributed by atoms with Gasteiger partial charge in [-0.3, -0.25) is 4.90 Å². The number of urea groups is 1. The number of aliphatic carboxylic acids is 1. The number of rotatable bonds is 6. The summed E-state index contributed by atoms with van der Waals surface area (Å²) in [6.45, 7) is 10.2. The van der Waals surface area contributed by atoms with Gasteiger partial charge in [0, 0.05) is 19.6 Å². The Morgan fingerprint density at radius 2 is 1.90 bits per heavy atom. The molecule has 21 heavy (non-hydrogen) atoms. The van der Waals surface area contributed by atoms with Crippen molar-refractivity contribution in [1.82, 2.24) is 15.5 Å². The van der Waals surface area contributed by atoms with Crippen LogP contribution >= 0.6 is 0 Å². The summed E-state index contributed by atoms with van der Waals surface area (Å²) in [7, 11) is 0. The number of carboxylic acid groups (broad SMARTS) is 1. The minimum absolute atomic E-state index is 0.431. The third-order valence-corrected chi connectivity index (χ3v) is 3.43. The number of hydrogen-bond donors (Lipinski definition) is 3. The van der Waals surface area contributed by atoms with E-state index in [0.29, 0.717) is 6.54 Å². The second-order valence-electron chi connectivity index (χ2n) is 6.35. The van der Waals surface area contributed by atoms with Crippen LogP contribution in [-0.4, -0.2) is 67.4 Å². The van der Waals surface area contributed by atoms with E-state index in [-0.39, 0.29) is 0 Å². The van der Waals surface area contributed by atoms with Gasteiger partial charge in [-0.1, -0.05) is 20.8 Å². The number of nitrogens with zero attached hydrogens (tertiary/aromatic N) is 1. The summed E-state index contributed by atoms with van der Waals surface area (Å²) >= 11 is 0. The lowest BCUT2D eigenvalue weighted by atomic mass is 9.87. The number of hydrogen-bond acceptors (Lipinski definition) is 4. The Hall–Kier alpha value is -1.34. The molecule has 1 unspecified atom stereocenters. The third kappa shape index (κ3) is 6.77. The van der Waals surface area contributed by atoms with Crippen LogP contribution in [0.1, 0.15) is 27.2 Å². The first-order chi connectivity index (χ1) is 9.80. The molecule has 1 aliphatic rings. The van der Waals surface area contributed by atoms with E-state index in [0.717, 1.165) is 39.3 Å². The van der Waals surface area contributed by atoms with E-state index in [9.17, 15) is 9.59 Å². The average Bonchev–Trinajstić information content (AvgIpc) is 2.40. The summed E-state index contributed by atoms with van der Waals surface area (Å²) in [5.74, 6) is -1.02. The lowest BCUT2D eigenvalue weighted by Crippen LogP contribution is -2.52. The Morgan fingerprint density at radius 3 is 2.43 bits per heavy atom. The van der Waals surface area contributed by atoms with Crippen molar-refractivity contribution in [2.75, 3.05) is 39.4 Å². The molecule has 0 aromatic rings. The van der Waals surface area contributed by atoms with Crippen molar-refractivity contribution in [3.8, 4) is 0 Å². The van der Waals surface area contributed by atoms with Crippen LogP contribution in [0.15, 0.2) is 0 Å². The molecular formula is C14H27N3O4. The normalized spacial score (nSPS) is 18.0. The quantitative estimate of drug-likeness (QED) is 0.622. The monoisotopic (exact) mass is 301 g/mol. The molecule has 0 saturated carbocycles. The highest BCUT2D eigenvalue weighted by molar-refractivity contribution is 5.83. The van der Waals surface area contributed by atoms with Gasteiger partial charge in [-0.2, -0.15) is 0 Å². The van der Waals surface area contributed by atoms with Gasteiger partial charge in [-0.25, -0.2) is 9.59 Å². The zero-order valence-corrected chi connectivity index (χ0v) is 13.1. The van der Waals surface area contributed by atoms with Crippen LogP contribution in [0.3, 0.4) is 0 Å². The van der Waals surface area contributed by atoms with Crippen molar-refractivity contribution in [1.29, 1.82) is 0 Å². The zero-order chi connectivity index (χ0) is 15.9. The van der Waals surface area contributed by atoms with Crippen LogP contribution in [0.5, 0.6) is 0 Å². The highest BCUT2D eigenvalue weighted by Crippen LogP contribution is 2.19. The topological polar surface area (TPSA) is 90.9 Å². The molecule has 1 rings (SSSR count). The first kappa shape index (κ1) is 17.7. The fourth-order valence-corrected chi connectivity index (χ4v) is 2.16. The first-order valence-corrected chi connectivity index (χ1v) is 7.38. The van der Waals surface area contributed by atoms with Gasteiger partial charge in [0.05, 0.1) is 13.2 Å². The Balaban J connectivity index is 2.22. The highest BCUT2D eigenvalue weighted by Gasteiger charge is 2.32. The SMILES string of the molecule is CC(C)(C)C(NC(=O)NCCCN1CCOCC1)C(=O)O. The van der Waals surface area contributed by atoms with E-state index in [1.54, 1.807) is 20.8 Å². The molecule has 7 heteroatoms. The smallest absolute Gasteiger partial charge is 0.326 e. The van der Waals surface area contributed by atoms with Gasteiger partial charge in [0.2, 0.25) is 0 Å². The molecule has 122 valence electrons. The Morgan fingerprint density at radius 1 is 1.29 bits per heavy atom. The van der Waals surface area contributed by atoms with Crippen molar-refractivity contribution < 1.29 is 19.4 Å². The van der Waals surface area contributed by atoms with E-state index in [1.807, 2.05) is 0 Å². The molecule has 1 fully saturated rings. The zero-order valence-electron chi connectivity index (χ0n) is 13.1. The maximum Gasteiger partial charge on any atom is 0.326 e. The molecule has 1 atom stereocenters. The van der Waals surface area contributed by atoms with E-state index < -0.39 is 23.5 Å². The molecule has 0 radical (unpaired) electrons. The maximum atomic E-state index is 11.7. The number of carbonyl (C=O) groups is 2. The number of amides is 2. The molecule has 1 aliphatic heterocycles. The largest absolute Gasteiger partial charge is 0.480 e. The molecule has 1 heterocycles. The van der Waals surface area contributed by atoms with Crippen molar-refractivity contribution in [3.05, 3.63) is 0 Å². The number of morpholine rings is 1. The van der Waals surface area contributed by atoms with Crippen LogP contribution in [0.2, 0.25) is 0 Å². The fourth-order valence-electron chi connectivity index (χ4n) is 2.16. The van der Waals surface area contributed by atoms with Crippen LogP contribution < -0.4 is 10.6 Å². The Kier molecular flexibility index (Phi) is 6.91. The predicted molar refractivity (Wildman–Crippen MR) is 79.3 cm³/mol. The van der Waals surface area contributed by atoms with E-state index in [4.69, 9.17) is 9.84 Å². The summed E-state index contributed by atoms with van der Waals surface area (Å²) in [5.41, 5.74) is -0.531. The van der Waals surface area contributed by atoms with Gasteiger partial charge < -0.3 is 20.5 Å². The Bertz CT molecular complexity index is 349. The lowest BCUT2D eigenvalue weighted by Gasteiger charge is -2.28. The molecule has 0 aromatic carbocycles. The van der Waals surface area contributed by atoms with E-state index in [1.165, 1.54) is 0 Å². The summed E-state index contributed by atoms with van der Waals surface area (Å²) in [6, 6.07) is -1.34. The number of carboxylic acids is 1. The minimum atomic E-state index is -1.02. The molecular weight excluding hydrogens is 274 g/mol. The van der Waals surface area contributed by atoms with Gasteiger partial charge in [-0.05, 0) is 18.4 Å². The molecule has 1 saturated heterocycles. The first-order valence-electron chi connectivity index (χ1n) is 7.38. The van der Waals surface area contributed by atoms with Crippen LogP contribution in [0.25, 0.3) is 0 Å². The summed E-state index contributed by atoms with van der Waals surface area (Å²) in [6.07, 6.45) is 0.834. The molecule has 0 aromatic heterocycles. The number of ether oxygens (including phenoxy) is 1. The second-order valence-corrected chi connectivity index (χ2v) is 6.35. The van der Waals surface area contributed by atoms with Gasteiger partial charge in [0.15, 0.2) is 0 Å². The van der Waals surface area contributed by atoms with Gasteiger partial charge in [0.25, 0.3) is 0 Å². The lowest BCUT2D eigenvalue weighted by molar-refractivity contribution is -0.141. The standard InChI is InChI=1S/C14H27N3O4/c1-14(2,3)11(12(18)19)16-13(20)15-5-4-6-17-7-9-21-10-8-17/h11H,4-10H2,1-3H3,(H,18,19)(H2,15,16,20). The average molecular weight is 301 g/mol. The van der Waals surface area contributed by atoms with Crippen LogP contribution in [0, 0.1) is 5.41 Å². The molecule has 0 bridgehead atoms. The van der Waals surface area contributed by atoms with Crippen molar-refractivity contribution in [3.63, 3.8) is 0 Å². The second kappa shape index (κ2) is 8.19.